The topological polar surface area (TPSA) is 108 Å². The first-order valence-corrected chi connectivity index (χ1v) is 8.10. The van der Waals surface area contributed by atoms with E-state index >= 15 is 0 Å². The number of carboxylic acids is 1. The highest BCUT2D eigenvalue weighted by Gasteiger charge is 2.25. The van der Waals surface area contributed by atoms with E-state index in [-0.39, 0.29) is 11.6 Å². The number of methoxy groups -OCH3 is 2. The minimum absolute atomic E-state index is 0.0236. The van der Waals surface area contributed by atoms with Crippen LogP contribution in [0.3, 0.4) is 0 Å². The fourth-order valence-corrected chi connectivity index (χ4v) is 2.66. The van der Waals surface area contributed by atoms with Crippen molar-refractivity contribution >= 4 is 22.7 Å². The van der Waals surface area contributed by atoms with Gasteiger partial charge in [-0.2, -0.15) is 4.98 Å². The first-order valence-electron chi connectivity index (χ1n) is 8.10. The van der Waals surface area contributed by atoms with Gasteiger partial charge < -0.3 is 19.3 Å². The summed E-state index contributed by atoms with van der Waals surface area (Å²) in [7, 11) is 2.89. The Labute approximate surface area is 162 Å². The van der Waals surface area contributed by atoms with E-state index in [0.717, 1.165) is 0 Å². The molecule has 3 rings (SSSR count). The third-order valence-corrected chi connectivity index (χ3v) is 3.93. The van der Waals surface area contributed by atoms with Gasteiger partial charge in [0.15, 0.2) is 11.5 Å². The van der Waals surface area contributed by atoms with Crippen LogP contribution in [0, 0.1) is 18.6 Å². The molecule has 0 spiro atoms. The molecule has 1 N–H and O–H groups in total. The molecule has 10 heteroatoms. The van der Waals surface area contributed by atoms with Crippen LogP contribution in [-0.2, 0) is 4.79 Å². The number of rotatable bonds is 6. The zero-order chi connectivity index (χ0) is 21.3. The highest BCUT2D eigenvalue weighted by molar-refractivity contribution is 6.40. The van der Waals surface area contributed by atoms with E-state index < -0.39 is 29.0 Å². The quantitative estimate of drug-likeness (QED) is 0.493. The number of hydrogen-bond donors (Lipinski definition) is 1. The SMILES string of the molecule is COc1cc2nc(C)nc(Oc3cc(F)c(C(=O)C(=O)O)c(F)c3)c2cc1OC. The van der Waals surface area contributed by atoms with Gasteiger partial charge in [-0.15, -0.1) is 0 Å². The van der Waals surface area contributed by atoms with Gasteiger partial charge in [0.05, 0.1) is 25.1 Å². The maximum absolute atomic E-state index is 14.2. The number of aromatic nitrogens is 2. The minimum Gasteiger partial charge on any atom is -0.493 e. The molecule has 150 valence electrons. The molecule has 1 heterocycles. The van der Waals surface area contributed by atoms with Crippen LogP contribution in [0.1, 0.15) is 16.2 Å². The third-order valence-electron chi connectivity index (χ3n) is 3.93. The number of carbonyl (C=O) groups excluding carboxylic acids is 1. The van der Waals surface area contributed by atoms with Gasteiger partial charge in [0, 0.05) is 18.2 Å². The number of carboxylic acid groups (broad SMARTS) is 1. The average Bonchev–Trinajstić information content (AvgIpc) is 2.66. The summed E-state index contributed by atoms with van der Waals surface area (Å²) >= 11 is 0. The number of fused-ring (bicyclic) bond motifs is 1. The zero-order valence-corrected chi connectivity index (χ0v) is 15.4. The van der Waals surface area contributed by atoms with Crippen molar-refractivity contribution < 1.29 is 37.7 Å². The highest BCUT2D eigenvalue weighted by atomic mass is 19.1. The summed E-state index contributed by atoms with van der Waals surface area (Å²) in [5.41, 5.74) is -0.747. The summed E-state index contributed by atoms with van der Waals surface area (Å²) in [6.07, 6.45) is 0. The molecule has 0 aliphatic heterocycles. The fraction of sp³-hybridized carbons (Fsp3) is 0.158. The van der Waals surface area contributed by atoms with Gasteiger partial charge in [0.1, 0.15) is 28.8 Å². The van der Waals surface area contributed by atoms with Crippen LogP contribution in [0.15, 0.2) is 24.3 Å². The second kappa shape index (κ2) is 7.66. The maximum Gasteiger partial charge on any atom is 0.377 e. The Hall–Kier alpha value is -3.82. The fourth-order valence-electron chi connectivity index (χ4n) is 2.66. The van der Waals surface area contributed by atoms with Gasteiger partial charge in [0.25, 0.3) is 5.78 Å². The molecule has 0 unspecified atom stereocenters. The third kappa shape index (κ3) is 3.77. The van der Waals surface area contributed by atoms with Gasteiger partial charge in [-0.25, -0.2) is 18.6 Å². The zero-order valence-electron chi connectivity index (χ0n) is 15.4. The van der Waals surface area contributed by atoms with E-state index in [2.05, 4.69) is 9.97 Å². The molecule has 0 bridgehead atoms. The standard InChI is InChI=1S/C19H14F2N2O6/c1-8-22-13-7-15(28-3)14(27-2)6-10(13)18(23-8)29-9-4-11(20)16(12(21)5-9)17(24)19(25)26/h4-7H,1-3H3,(H,25,26). The van der Waals surface area contributed by atoms with Crippen LogP contribution in [0.4, 0.5) is 8.78 Å². The lowest BCUT2D eigenvalue weighted by Gasteiger charge is -2.13. The smallest absolute Gasteiger partial charge is 0.377 e. The number of ether oxygens (including phenoxy) is 3. The van der Waals surface area contributed by atoms with Crippen molar-refractivity contribution in [3.8, 4) is 23.1 Å². The molecule has 0 saturated heterocycles. The van der Waals surface area contributed by atoms with Gasteiger partial charge in [0.2, 0.25) is 5.88 Å². The van der Waals surface area contributed by atoms with E-state index in [4.69, 9.17) is 19.3 Å². The molecule has 3 aromatic rings. The van der Waals surface area contributed by atoms with Crippen LogP contribution < -0.4 is 14.2 Å². The largest absolute Gasteiger partial charge is 0.493 e. The van der Waals surface area contributed by atoms with Crippen molar-refractivity contribution in [3.05, 3.63) is 47.3 Å². The number of carbonyl (C=O) groups is 2. The lowest BCUT2D eigenvalue weighted by atomic mass is 10.1. The Morgan fingerprint density at radius 1 is 0.966 bits per heavy atom. The van der Waals surface area contributed by atoms with Crippen molar-refractivity contribution in [3.63, 3.8) is 0 Å². The highest BCUT2D eigenvalue weighted by Crippen LogP contribution is 2.36. The monoisotopic (exact) mass is 404 g/mol. The number of ketones is 1. The van der Waals surface area contributed by atoms with Crippen molar-refractivity contribution in [2.24, 2.45) is 0 Å². The predicted molar refractivity (Wildman–Crippen MR) is 95.8 cm³/mol. The molecule has 29 heavy (non-hydrogen) atoms. The molecule has 0 saturated carbocycles. The molecule has 8 nitrogen and oxygen atoms in total. The van der Waals surface area contributed by atoms with Crippen LogP contribution >= 0.6 is 0 Å². The molecular weight excluding hydrogens is 390 g/mol. The number of halogens is 2. The lowest BCUT2D eigenvalue weighted by Crippen LogP contribution is -2.16. The Balaban J connectivity index is 2.10. The predicted octanol–water partition coefficient (Wildman–Crippen LogP) is 3.29. The number of Topliss-reactive ketones (excluding diaryl/α,β-unsaturated/α-hetero) is 1. The van der Waals surface area contributed by atoms with Crippen LogP contribution in [0.2, 0.25) is 0 Å². The van der Waals surface area contributed by atoms with Crippen molar-refractivity contribution in [2.45, 2.75) is 6.92 Å². The maximum atomic E-state index is 14.2. The van der Waals surface area contributed by atoms with Crippen LogP contribution in [0.5, 0.6) is 23.1 Å². The first kappa shape index (κ1) is 19.9. The summed E-state index contributed by atoms with van der Waals surface area (Å²) in [6, 6.07) is 4.52. The number of benzene rings is 2. The number of hydrogen-bond acceptors (Lipinski definition) is 7. The second-order valence-corrected chi connectivity index (χ2v) is 5.80. The lowest BCUT2D eigenvalue weighted by molar-refractivity contribution is -0.131. The second-order valence-electron chi connectivity index (χ2n) is 5.80. The van der Waals surface area contributed by atoms with Crippen LogP contribution in [-0.4, -0.2) is 41.0 Å². The van der Waals surface area contributed by atoms with E-state index in [0.29, 0.717) is 40.4 Å². The Kier molecular flexibility index (Phi) is 5.26. The van der Waals surface area contributed by atoms with Crippen molar-refractivity contribution in [1.82, 2.24) is 9.97 Å². The summed E-state index contributed by atoms with van der Waals surface area (Å²) in [6.45, 7) is 1.60. The first-order chi connectivity index (χ1) is 13.7. The molecule has 2 aromatic carbocycles. The van der Waals surface area contributed by atoms with E-state index in [9.17, 15) is 18.4 Å². The number of nitrogens with zero attached hydrogens (tertiary/aromatic N) is 2. The molecule has 0 fully saturated rings. The molecule has 0 atom stereocenters. The van der Waals surface area contributed by atoms with E-state index in [1.807, 2.05) is 0 Å². The molecule has 0 amide bonds. The number of aliphatic carboxylic acids is 1. The summed E-state index contributed by atoms with van der Waals surface area (Å²) in [4.78, 5) is 30.6. The summed E-state index contributed by atoms with van der Waals surface area (Å²) in [5, 5.41) is 9.05. The Morgan fingerprint density at radius 3 is 2.10 bits per heavy atom. The molecule has 0 aliphatic rings. The summed E-state index contributed by atoms with van der Waals surface area (Å²) in [5.74, 6) is -5.68. The van der Waals surface area contributed by atoms with Crippen molar-refractivity contribution in [1.29, 1.82) is 0 Å². The van der Waals surface area contributed by atoms with Crippen LogP contribution in [0.25, 0.3) is 10.9 Å². The molecular formula is C19H14F2N2O6. The summed E-state index contributed by atoms with van der Waals surface area (Å²) < 4.78 is 44.3. The van der Waals surface area contributed by atoms with Gasteiger partial charge in [-0.1, -0.05) is 0 Å². The van der Waals surface area contributed by atoms with E-state index in [1.165, 1.54) is 20.3 Å². The van der Waals surface area contributed by atoms with Crippen molar-refractivity contribution in [2.75, 3.05) is 14.2 Å². The Morgan fingerprint density at radius 2 is 1.55 bits per heavy atom. The number of aryl methyl sites for hydroxylation is 1. The minimum atomic E-state index is -1.98. The molecule has 0 aliphatic carbocycles. The molecule has 1 aromatic heterocycles. The average molecular weight is 404 g/mol. The Bertz CT molecular complexity index is 1130. The van der Waals surface area contributed by atoms with E-state index in [1.54, 1.807) is 13.0 Å². The molecule has 0 radical (unpaired) electrons. The van der Waals surface area contributed by atoms with Gasteiger partial charge in [-0.3, -0.25) is 4.79 Å². The van der Waals surface area contributed by atoms with Gasteiger partial charge in [-0.05, 0) is 13.0 Å². The normalized spacial score (nSPS) is 10.7. The van der Waals surface area contributed by atoms with Gasteiger partial charge >= 0.3 is 5.97 Å².